The number of hydrogen-bond acceptors (Lipinski definition) is 4. The molecule has 4 nitrogen and oxygen atoms in total. The third kappa shape index (κ3) is 2.86. The summed E-state index contributed by atoms with van der Waals surface area (Å²) in [5.41, 5.74) is 0. The van der Waals surface area contributed by atoms with Gasteiger partial charge in [-0.1, -0.05) is 6.92 Å². The maximum Gasteiger partial charge on any atom is 0.306 e. The molecule has 0 aromatic heterocycles. The minimum atomic E-state index is -1.45. The lowest BCUT2D eigenvalue weighted by molar-refractivity contribution is -0.266. The van der Waals surface area contributed by atoms with E-state index >= 15 is 0 Å². The molecule has 0 fully saturated rings. The van der Waals surface area contributed by atoms with Gasteiger partial charge in [0.1, 0.15) is 0 Å². The Morgan fingerprint density at radius 3 is 2.18 bits per heavy atom. The molecule has 1 unspecified atom stereocenters. The highest BCUT2D eigenvalue weighted by Gasteiger charge is 2.30. The second-order valence-corrected chi connectivity index (χ2v) is 2.58. The minimum absolute atomic E-state index is 0.347. The summed E-state index contributed by atoms with van der Waals surface area (Å²) in [5.74, 6) is -1.94. The largest absolute Gasteiger partial charge is 0.419 e. The quantitative estimate of drug-likeness (QED) is 0.473. The van der Waals surface area contributed by atoms with Gasteiger partial charge in [-0.25, -0.2) is 4.90 Å². The van der Waals surface area contributed by atoms with Crippen LogP contribution < -0.4 is 0 Å². The molecule has 0 saturated carbocycles. The number of ether oxygens (including phenoxy) is 1. The standard InChI is InChI=1S/C7H15NO3/c1-5-7(10,8(3)4)11-6(2)9/h10H,5H2,1-4H3. The van der Waals surface area contributed by atoms with Crippen LogP contribution in [0.3, 0.4) is 0 Å². The van der Waals surface area contributed by atoms with Crippen molar-refractivity contribution >= 4 is 5.97 Å². The lowest BCUT2D eigenvalue weighted by Gasteiger charge is -2.31. The van der Waals surface area contributed by atoms with Gasteiger partial charge in [0.25, 0.3) is 5.91 Å². The molecule has 0 aliphatic rings. The molecule has 0 aromatic carbocycles. The van der Waals surface area contributed by atoms with Crippen LogP contribution in [-0.2, 0) is 9.53 Å². The highest BCUT2D eigenvalue weighted by molar-refractivity contribution is 5.66. The number of rotatable bonds is 3. The average Bonchev–Trinajstić information content (AvgIpc) is 1.86. The number of esters is 1. The van der Waals surface area contributed by atoms with Crippen molar-refractivity contribution in [1.29, 1.82) is 0 Å². The third-order valence-corrected chi connectivity index (χ3v) is 1.47. The Kier molecular flexibility index (Phi) is 3.48. The van der Waals surface area contributed by atoms with E-state index in [1.54, 1.807) is 21.0 Å². The third-order valence-electron chi connectivity index (χ3n) is 1.47. The molecule has 0 bridgehead atoms. The first-order chi connectivity index (χ1) is 4.92. The molecular weight excluding hydrogens is 146 g/mol. The van der Waals surface area contributed by atoms with E-state index in [2.05, 4.69) is 0 Å². The average molecular weight is 161 g/mol. The van der Waals surface area contributed by atoms with Crippen molar-refractivity contribution in [2.45, 2.75) is 26.2 Å². The molecule has 0 heterocycles. The van der Waals surface area contributed by atoms with Crippen LogP contribution in [0.1, 0.15) is 20.3 Å². The van der Waals surface area contributed by atoms with Crippen LogP contribution in [0, 0.1) is 0 Å². The Balaban J connectivity index is 4.22. The van der Waals surface area contributed by atoms with Crippen molar-refractivity contribution < 1.29 is 14.6 Å². The number of nitrogens with zero attached hydrogens (tertiary/aromatic N) is 1. The first kappa shape index (κ1) is 10.4. The summed E-state index contributed by atoms with van der Waals surface area (Å²) in [6.45, 7) is 3.01. The molecule has 0 radical (unpaired) electrons. The first-order valence-electron chi connectivity index (χ1n) is 3.51. The van der Waals surface area contributed by atoms with E-state index in [1.807, 2.05) is 0 Å². The Morgan fingerprint density at radius 2 is 2.09 bits per heavy atom. The zero-order valence-corrected chi connectivity index (χ0v) is 7.42. The molecule has 0 aliphatic carbocycles. The minimum Gasteiger partial charge on any atom is -0.419 e. The van der Waals surface area contributed by atoms with Crippen LogP contribution in [0.4, 0.5) is 0 Å². The summed E-state index contributed by atoms with van der Waals surface area (Å²) >= 11 is 0. The topological polar surface area (TPSA) is 49.8 Å². The van der Waals surface area contributed by atoms with E-state index < -0.39 is 11.9 Å². The number of hydrogen-bond donors (Lipinski definition) is 1. The fourth-order valence-electron chi connectivity index (χ4n) is 0.710. The molecule has 4 heteroatoms. The Bertz CT molecular complexity index is 147. The molecule has 0 aromatic rings. The van der Waals surface area contributed by atoms with E-state index in [0.29, 0.717) is 6.42 Å². The zero-order chi connectivity index (χ0) is 9.07. The van der Waals surface area contributed by atoms with E-state index in [0.717, 1.165) is 0 Å². The van der Waals surface area contributed by atoms with Crippen LogP contribution in [0.25, 0.3) is 0 Å². The van der Waals surface area contributed by atoms with Crippen molar-refractivity contribution in [3.8, 4) is 0 Å². The van der Waals surface area contributed by atoms with Crippen LogP contribution in [0.5, 0.6) is 0 Å². The van der Waals surface area contributed by atoms with Gasteiger partial charge in [0.15, 0.2) is 0 Å². The lowest BCUT2D eigenvalue weighted by atomic mass is 10.3. The van der Waals surface area contributed by atoms with Gasteiger partial charge < -0.3 is 9.84 Å². The monoisotopic (exact) mass is 161 g/mol. The zero-order valence-electron chi connectivity index (χ0n) is 7.42. The summed E-state index contributed by atoms with van der Waals surface area (Å²) in [6, 6.07) is 0. The second-order valence-electron chi connectivity index (χ2n) is 2.58. The Morgan fingerprint density at radius 1 is 1.64 bits per heavy atom. The summed E-state index contributed by atoms with van der Waals surface area (Å²) in [4.78, 5) is 12.0. The molecule has 0 aliphatic heterocycles. The fourth-order valence-corrected chi connectivity index (χ4v) is 0.710. The molecule has 11 heavy (non-hydrogen) atoms. The predicted octanol–water partition coefficient (Wildman–Crippen LogP) is 0.167. The van der Waals surface area contributed by atoms with Crippen molar-refractivity contribution in [3.05, 3.63) is 0 Å². The Hall–Kier alpha value is -0.610. The van der Waals surface area contributed by atoms with Gasteiger partial charge in [-0.2, -0.15) is 0 Å². The number of carbonyl (C=O) groups is 1. The molecule has 1 atom stereocenters. The van der Waals surface area contributed by atoms with Gasteiger partial charge in [-0.15, -0.1) is 0 Å². The van der Waals surface area contributed by atoms with Crippen LogP contribution in [0.2, 0.25) is 0 Å². The highest BCUT2D eigenvalue weighted by Crippen LogP contribution is 2.14. The molecule has 0 saturated heterocycles. The van der Waals surface area contributed by atoms with Crippen molar-refractivity contribution in [1.82, 2.24) is 4.90 Å². The smallest absolute Gasteiger partial charge is 0.306 e. The van der Waals surface area contributed by atoms with E-state index in [-0.39, 0.29) is 0 Å². The van der Waals surface area contributed by atoms with Crippen molar-refractivity contribution in [3.63, 3.8) is 0 Å². The predicted molar refractivity (Wildman–Crippen MR) is 40.7 cm³/mol. The number of aliphatic hydroxyl groups is 1. The molecule has 0 spiro atoms. The van der Waals surface area contributed by atoms with Gasteiger partial charge in [-0.3, -0.25) is 4.79 Å². The fraction of sp³-hybridized carbons (Fsp3) is 0.857. The highest BCUT2D eigenvalue weighted by atomic mass is 16.7. The number of carbonyl (C=O) groups excluding carboxylic acids is 1. The lowest BCUT2D eigenvalue weighted by Crippen LogP contribution is -2.47. The second kappa shape index (κ2) is 3.69. The van der Waals surface area contributed by atoms with Crippen molar-refractivity contribution in [2.75, 3.05) is 14.1 Å². The first-order valence-corrected chi connectivity index (χ1v) is 3.51. The molecule has 66 valence electrons. The van der Waals surface area contributed by atoms with E-state index in [4.69, 9.17) is 4.74 Å². The van der Waals surface area contributed by atoms with Crippen LogP contribution in [0.15, 0.2) is 0 Å². The van der Waals surface area contributed by atoms with E-state index in [9.17, 15) is 9.90 Å². The summed E-state index contributed by atoms with van der Waals surface area (Å²) in [5, 5.41) is 9.55. The molecule has 1 N–H and O–H groups in total. The van der Waals surface area contributed by atoms with Gasteiger partial charge in [0.05, 0.1) is 0 Å². The normalized spacial score (nSPS) is 16.2. The summed E-state index contributed by atoms with van der Waals surface area (Å²) < 4.78 is 4.69. The summed E-state index contributed by atoms with van der Waals surface area (Å²) in [7, 11) is 3.29. The molecular formula is C7H15NO3. The van der Waals surface area contributed by atoms with Crippen molar-refractivity contribution in [2.24, 2.45) is 0 Å². The van der Waals surface area contributed by atoms with E-state index in [1.165, 1.54) is 11.8 Å². The summed E-state index contributed by atoms with van der Waals surface area (Å²) in [6.07, 6.45) is 0.347. The van der Waals surface area contributed by atoms with Gasteiger partial charge >= 0.3 is 5.97 Å². The maximum atomic E-state index is 10.5. The molecule has 0 amide bonds. The Labute approximate surface area is 66.8 Å². The van der Waals surface area contributed by atoms with Gasteiger partial charge in [0.2, 0.25) is 0 Å². The molecule has 0 rings (SSSR count). The van der Waals surface area contributed by atoms with Gasteiger partial charge in [0, 0.05) is 13.3 Å². The van der Waals surface area contributed by atoms with Gasteiger partial charge in [-0.05, 0) is 14.1 Å². The maximum absolute atomic E-state index is 10.5. The van der Waals surface area contributed by atoms with Crippen LogP contribution in [-0.4, -0.2) is 36.0 Å². The SMILES string of the molecule is CCC(O)(OC(C)=O)N(C)C. The van der Waals surface area contributed by atoms with Crippen LogP contribution >= 0.6 is 0 Å².